The molecule has 1 heterocycles. The molecule has 1 aliphatic rings. The van der Waals surface area contributed by atoms with Gasteiger partial charge in [-0.25, -0.2) is 0 Å². The van der Waals surface area contributed by atoms with Crippen LogP contribution in [0.4, 0.5) is 0 Å². The van der Waals surface area contributed by atoms with Gasteiger partial charge in [0.25, 0.3) is 0 Å². The van der Waals surface area contributed by atoms with E-state index in [2.05, 4.69) is 0 Å². The average molecular weight is 273 g/mol. The number of carboxylic acid groups (broad SMARTS) is 2. The summed E-state index contributed by atoms with van der Waals surface area (Å²) >= 11 is 0. The molecule has 1 saturated heterocycles. The molecule has 108 valence electrons. The predicted molar refractivity (Wildman–Crippen MR) is 65.5 cm³/mol. The minimum Gasteiger partial charge on any atom is -0.481 e. The van der Waals surface area contributed by atoms with Gasteiger partial charge in [0.1, 0.15) is 6.04 Å². The van der Waals surface area contributed by atoms with Crippen molar-refractivity contribution in [3.63, 3.8) is 0 Å². The zero-order valence-electron chi connectivity index (χ0n) is 10.8. The van der Waals surface area contributed by atoms with Gasteiger partial charge < -0.3 is 20.8 Å². The molecule has 1 fully saturated rings. The summed E-state index contributed by atoms with van der Waals surface area (Å²) in [6.45, 7) is 3.21. The van der Waals surface area contributed by atoms with Gasteiger partial charge in [0.05, 0.1) is 12.5 Å². The van der Waals surface area contributed by atoms with Crippen molar-refractivity contribution >= 4 is 17.8 Å². The van der Waals surface area contributed by atoms with Crippen LogP contribution in [0.1, 0.15) is 13.3 Å². The summed E-state index contributed by atoms with van der Waals surface area (Å²) in [5, 5.41) is 17.5. The number of amides is 1. The number of carbonyl (C=O) groups excluding carboxylic acids is 1. The van der Waals surface area contributed by atoms with Crippen LogP contribution in [0.15, 0.2) is 0 Å². The number of aliphatic carboxylic acids is 2. The summed E-state index contributed by atoms with van der Waals surface area (Å²) in [5.41, 5.74) is 5.51. The molecule has 0 saturated carbocycles. The average Bonchev–Trinajstić information content (AvgIpc) is 2.36. The van der Waals surface area contributed by atoms with Crippen molar-refractivity contribution in [3.8, 4) is 0 Å². The van der Waals surface area contributed by atoms with Crippen molar-refractivity contribution in [3.05, 3.63) is 0 Å². The van der Waals surface area contributed by atoms with Crippen molar-refractivity contribution < 1.29 is 24.6 Å². The third kappa shape index (κ3) is 4.18. The van der Waals surface area contributed by atoms with Crippen LogP contribution in [0, 0.1) is 0 Å². The first-order chi connectivity index (χ1) is 8.82. The van der Waals surface area contributed by atoms with Gasteiger partial charge in [0, 0.05) is 26.2 Å². The Morgan fingerprint density at radius 3 is 2.11 bits per heavy atom. The summed E-state index contributed by atoms with van der Waals surface area (Å²) in [7, 11) is 0. The van der Waals surface area contributed by atoms with Crippen molar-refractivity contribution in [1.29, 1.82) is 0 Å². The Morgan fingerprint density at radius 1 is 1.16 bits per heavy atom. The highest BCUT2D eigenvalue weighted by atomic mass is 16.4. The van der Waals surface area contributed by atoms with E-state index in [9.17, 15) is 14.4 Å². The van der Waals surface area contributed by atoms with E-state index >= 15 is 0 Å². The molecule has 0 aromatic heterocycles. The van der Waals surface area contributed by atoms with E-state index in [0.717, 1.165) is 0 Å². The van der Waals surface area contributed by atoms with Crippen LogP contribution >= 0.6 is 0 Å². The van der Waals surface area contributed by atoms with E-state index in [4.69, 9.17) is 15.9 Å². The quantitative estimate of drug-likeness (QED) is 0.551. The zero-order valence-corrected chi connectivity index (χ0v) is 10.8. The lowest BCUT2D eigenvalue weighted by Crippen LogP contribution is -2.56. The van der Waals surface area contributed by atoms with Gasteiger partial charge in [-0.2, -0.15) is 0 Å². The van der Waals surface area contributed by atoms with Gasteiger partial charge >= 0.3 is 11.9 Å². The maximum absolute atomic E-state index is 11.8. The normalized spacial score (nSPS) is 19.8. The Labute approximate surface area is 110 Å². The Balaban J connectivity index is 2.47. The van der Waals surface area contributed by atoms with E-state index in [0.29, 0.717) is 26.2 Å². The van der Waals surface area contributed by atoms with Gasteiger partial charge in [-0.15, -0.1) is 0 Å². The lowest BCUT2D eigenvalue weighted by molar-refractivity contribution is -0.146. The molecule has 2 atom stereocenters. The molecule has 8 heteroatoms. The first kappa shape index (κ1) is 15.4. The number of carbonyl (C=O) groups is 3. The van der Waals surface area contributed by atoms with Crippen molar-refractivity contribution in [2.45, 2.75) is 25.4 Å². The van der Waals surface area contributed by atoms with E-state index in [1.165, 1.54) is 4.90 Å². The first-order valence-corrected chi connectivity index (χ1v) is 6.06. The highest BCUT2D eigenvalue weighted by Crippen LogP contribution is 2.08. The van der Waals surface area contributed by atoms with Gasteiger partial charge in [0.2, 0.25) is 5.91 Å². The Kier molecular flexibility index (Phi) is 5.25. The molecule has 0 bridgehead atoms. The number of nitrogens with zero attached hydrogens (tertiary/aromatic N) is 2. The van der Waals surface area contributed by atoms with Gasteiger partial charge in [0.15, 0.2) is 0 Å². The molecule has 0 spiro atoms. The largest absolute Gasteiger partial charge is 0.481 e. The SMILES string of the molecule is CC(C(=O)O)N1CCN(C(=O)C(N)CC(=O)O)CC1. The van der Waals surface area contributed by atoms with Crippen LogP contribution in [-0.2, 0) is 14.4 Å². The number of hydrogen-bond acceptors (Lipinski definition) is 5. The fourth-order valence-corrected chi connectivity index (χ4v) is 2.00. The van der Waals surface area contributed by atoms with Crippen LogP contribution in [0.5, 0.6) is 0 Å². The Bertz CT molecular complexity index is 365. The minimum atomic E-state index is -1.11. The van der Waals surface area contributed by atoms with E-state index in [1.54, 1.807) is 11.8 Å². The van der Waals surface area contributed by atoms with Crippen LogP contribution < -0.4 is 5.73 Å². The summed E-state index contributed by atoms with van der Waals surface area (Å²) in [4.78, 5) is 36.4. The van der Waals surface area contributed by atoms with Crippen LogP contribution in [-0.4, -0.2) is 76.1 Å². The second-order valence-corrected chi connectivity index (χ2v) is 4.58. The monoisotopic (exact) mass is 273 g/mol. The molecule has 2 unspecified atom stereocenters. The fraction of sp³-hybridized carbons (Fsp3) is 0.727. The highest BCUT2D eigenvalue weighted by molar-refractivity contribution is 5.86. The summed E-state index contributed by atoms with van der Waals surface area (Å²) in [6, 6.07) is -1.63. The molecule has 8 nitrogen and oxygen atoms in total. The molecular formula is C11H19N3O5. The summed E-state index contributed by atoms with van der Waals surface area (Å²) in [6.07, 6.45) is -0.398. The summed E-state index contributed by atoms with van der Waals surface area (Å²) in [5.74, 6) is -2.41. The zero-order chi connectivity index (χ0) is 14.6. The standard InChI is InChI=1S/C11H19N3O5/c1-7(11(18)19)13-2-4-14(5-3-13)10(17)8(12)6-9(15)16/h7-8H,2-6,12H2,1H3,(H,15,16)(H,18,19). The van der Waals surface area contributed by atoms with E-state index in [1.807, 2.05) is 0 Å². The molecule has 0 aromatic carbocycles. The maximum atomic E-state index is 11.8. The molecule has 0 radical (unpaired) electrons. The molecule has 1 amide bonds. The van der Waals surface area contributed by atoms with Crippen molar-refractivity contribution in [2.24, 2.45) is 5.73 Å². The fourth-order valence-electron chi connectivity index (χ4n) is 2.00. The molecular weight excluding hydrogens is 254 g/mol. The second kappa shape index (κ2) is 6.48. The third-order valence-corrected chi connectivity index (χ3v) is 3.24. The molecule has 0 aromatic rings. The minimum absolute atomic E-state index is 0.365. The van der Waals surface area contributed by atoms with Gasteiger partial charge in [-0.1, -0.05) is 0 Å². The third-order valence-electron chi connectivity index (χ3n) is 3.24. The molecule has 4 N–H and O–H groups in total. The number of carboxylic acids is 2. The smallest absolute Gasteiger partial charge is 0.320 e. The maximum Gasteiger partial charge on any atom is 0.320 e. The van der Waals surface area contributed by atoms with E-state index in [-0.39, 0.29) is 0 Å². The second-order valence-electron chi connectivity index (χ2n) is 4.58. The van der Waals surface area contributed by atoms with Crippen molar-refractivity contribution in [2.75, 3.05) is 26.2 Å². The topological polar surface area (TPSA) is 124 Å². The highest BCUT2D eigenvalue weighted by Gasteiger charge is 2.29. The number of piperazine rings is 1. The lowest BCUT2D eigenvalue weighted by Gasteiger charge is -2.37. The number of rotatable bonds is 5. The van der Waals surface area contributed by atoms with Crippen LogP contribution in [0.2, 0.25) is 0 Å². The molecule has 19 heavy (non-hydrogen) atoms. The Hall–Kier alpha value is -1.67. The first-order valence-electron chi connectivity index (χ1n) is 6.06. The molecule has 0 aliphatic carbocycles. The Morgan fingerprint density at radius 2 is 1.68 bits per heavy atom. The van der Waals surface area contributed by atoms with Crippen molar-refractivity contribution in [1.82, 2.24) is 9.80 Å². The van der Waals surface area contributed by atoms with Gasteiger partial charge in [-0.05, 0) is 6.92 Å². The van der Waals surface area contributed by atoms with Gasteiger partial charge in [-0.3, -0.25) is 19.3 Å². The predicted octanol–water partition coefficient (Wildman–Crippen LogP) is -1.59. The number of hydrogen-bond donors (Lipinski definition) is 3. The van der Waals surface area contributed by atoms with Crippen LogP contribution in [0.3, 0.4) is 0 Å². The van der Waals surface area contributed by atoms with Crippen LogP contribution in [0.25, 0.3) is 0 Å². The molecule has 1 aliphatic heterocycles. The van der Waals surface area contributed by atoms with E-state index < -0.39 is 36.4 Å². The number of nitrogens with two attached hydrogens (primary N) is 1. The molecule has 1 rings (SSSR count). The lowest BCUT2D eigenvalue weighted by atomic mass is 10.1. The summed E-state index contributed by atoms with van der Waals surface area (Å²) < 4.78 is 0.